The fourth-order valence-corrected chi connectivity index (χ4v) is 4.97. The third-order valence-corrected chi connectivity index (χ3v) is 7.27. The molecule has 1 aromatic carbocycles. The minimum absolute atomic E-state index is 0.0104. The lowest BCUT2D eigenvalue weighted by atomic mass is 10.2. The van der Waals surface area contributed by atoms with Gasteiger partial charge in [0, 0.05) is 11.6 Å². The lowest BCUT2D eigenvalue weighted by Gasteiger charge is -2.25. The van der Waals surface area contributed by atoms with Gasteiger partial charge in [0.1, 0.15) is 5.75 Å². The first-order valence-corrected chi connectivity index (χ1v) is 12.3. The van der Waals surface area contributed by atoms with Crippen molar-refractivity contribution in [2.75, 3.05) is 10.1 Å². The van der Waals surface area contributed by atoms with E-state index in [-0.39, 0.29) is 18.4 Å². The summed E-state index contributed by atoms with van der Waals surface area (Å²) in [5, 5.41) is 9.13. The second-order valence-corrected chi connectivity index (χ2v) is 10.00. The number of hydrogen-bond acceptors (Lipinski definition) is 5. The lowest BCUT2D eigenvalue weighted by Crippen LogP contribution is -2.32. The van der Waals surface area contributed by atoms with Gasteiger partial charge in [-0.3, -0.25) is 9.40 Å². The van der Waals surface area contributed by atoms with Gasteiger partial charge in [0.05, 0.1) is 40.9 Å². The fraction of sp³-hybridized carbons (Fsp3) is 0.381. The summed E-state index contributed by atoms with van der Waals surface area (Å²) in [6, 6.07) is 11.2. The second-order valence-electron chi connectivity index (χ2n) is 6.87. The highest BCUT2D eigenvalue weighted by atomic mass is 32.2. The van der Waals surface area contributed by atoms with E-state index in [0.717, 1.165) is 29.0 Å². The van der Waals surface area contributed by atoms with E-state index in [0.29, 0.717) is 11.4 Å². The number of benzene rings is 1. The van der Waals surface area contributed by atoms with Crippen LogP contribution in [-0.2, 0) is 16.6 Å². The largest absolute Gasteiger partial charge is 0.491 e. The van der Waals surface area contributed by atoms with Crippen LogP contribution in [0, 0.1) is 0 Å². The van der Waals surface area contributed by atoms with Crippen molar-refractivity contribution in [3.8, 4) is 16.3 Å². The molecule has 8 heteroatoms. The summed E-state index contributed by atoms with van der Waals surface area (Å²) in [6.07, 6.45) is 3.74. The molecule has 2 aromatic heterocycles. The molecule has 2 heterocycles. The summed E-state index contributed by atoms with van der Waals surface area (Å²) in [6.45, 7) is 5.99. The molecular weight excluding hydrogens is 406 g/mol. The average Bonchev–Trinajstić information content (AvgIpc) is 3.37. The molecule has 3 rings (SSSR count). The highest BCUT2D eigenvalue weighted by molar-refractivity contribution is 7.92. The molecule has 1 N–H and O–H groups in total. The summed E-state index contributed by atoms with van der Waals surface area (Å²) in [4.78, 5) is 1.02. The molecule has 6 nitrogen and oxygen atoms in total. The number of ether oxygens (including phenoxy) is 1. The maximum Gasteiger partial charge on any atom is 0.235 e. The Hall–Kier alpha value is -2.32. The topological polar surface area (TPSA) is 75.3 Å². The van der Waals surface area contributed by atoms with E-state index in [1.165, 1.54) is 4.31 Å². The van der Waals surface area contributed by atoms with Gasteiger partial charge in [0.15, 0.2) is 0 Å². The van der Waals surface area contributed by atoms with Crippen molar-refractivity contribution >= 4 is 27.0 Å². The Morgan fingerprint density at radius 2 is 2.07 bits per heavy atom. The molecule has 0 spiro atoms. The number of nitrogens with zero attached hydrogens (tertiary/aromatic N) is 2. The quantitative estimate of drug-likeness (QED) is 0.485. The normalized spacial score (nSPS) is 12.7. The molecule has 0 bridgehead atoms. The Kier molecular flexibility index (Phi) is 6.97. The predicted octanol–water partition coefficient (Wildman–Crippen LogP) is 5.06. The van der Waals surface area contributed by atoms with Crippen LogP contribution < -0.4 is 9.04 Å². The Morgan fingerprint density at radius 1 is 1.24 bits per heavy atom. The molecule has 0 saturated carbocycles. The van der Waals surface area contributed by atoms with Gasteiger partial charge in [-0.15, -0.1) is 11.3 Å². The van der Waals surface area contributed by atoms with Crippen LogP contribution in [-0.4, -0.2) is 30.5 Å². The average molecular weight is 434 g/mol. The zero-order chi connectivity index (χ0) is 20.9. The summed E-state index contributed by atoms with van der Waals surface area (Å²) in [7, 11) is -3.49. The third-order valence-electron chi connectivity index (χ3n) is 4.64. The van der Waals surface area contributed by atoms with E-state index >= 15 is 0 Å². The molecule has 0 aliphatic rings. The van der Waals surface area contributed by atoms with Crippen molar-refractivity contribution in [3.63, 3.8) is 0 Å². The molecule has 1 unspecified atom stereocenters. The van der Waals surface area contributed by atoms with E-state index in [9.17, 15) is 8.42 Å². The number of aromatic amines is 1. The van der Waals surface area contributed by atoms with Gasteiger partial charge < -0.3 is 4.74 Å². The summed E-state index contributed by atoms with van der Waals surface area (Å²) in [5.74, 6) is 0.682. The third kappa shape index (κ3) is 5.19. The Labute approximate surface area is 176 Å². The standard InChI is InChI=1S/C21H27N3O3S2/c1-4-8-16(3)27-19-10-6-9-18(13-19)24(29(25,26)5-2)15-17-14-22-23-21(17)20-11-7-12-28-20/h6-7,9-14,16H,4-5,8,15H2,1-3H3,(H,22,23). The minimum Gasteiger partial charge on any atom is -0.491 e. The van der Waals surface area contributed by atoms with Gasteiger partial charge in [0.2, 0.25) is 10.0 Å². The van der Waals surface area contributed by atoms with E-state index in [1.807, 2.05) is 36.6 Å². The van der Waals surface area contributed by atoms with Gasteiger partial charge >= 0.3 is 0 Å². The number of sulfonamides is 1. The van der Waals surface area contributed by atoms with Crippen LogP contribution >= 0.6 is 11.3 Å². The van der Waals surface area contributed by atoms with Gasteiger partial charge in [-0.25, -0.2) is 8.42 Å². The highest BCUT2D eigenvalue weighted by Gasteiger charge is 2.24. The predicted molar refractivity (Wildman–Crippen MR) is 119 cm³/mol. The van der Waals surface area contributed by atoms with Gasteiger partial charge in [0.25, 0.3) is 0 Å². The molecule has 0 saturated heterocycles. The number of rotatable bonds is 10. The Bertz CT molecular complexity index is 1010. The summed E-state index contributed by atoms with van der Waals surface area (Å²) < 4.78 is 33.2. The van der Waals surface area contributed by atoms with Gasteiger partial charge in [-0.1, -0.05) is 25.5 Å². The number of aromatic nitrogens is 2. The molecular formula is C21H27N3O3S2. The van der Waals surface area contributed by atoms with E-state index in [2.05, 4.69) is 17.1 Å². The summed E-state index contributed by atoms with van der Waals surface area (Å²) in [5.41, 5.74) is 2.27. The zero-order valence-electron chi connectivity index (χ0n) is 17.0. The maximum absolute atomic E-state index is 12.9. The van der Waals surface area contributed by atoms with Crippen LogP contribution in [0.3, 0.4) is 0 Å². The van der Waals surface area contributed by atoms with Gasteiger partial charge in [-0.2, -0.15) is 5.10 Å². The van der Waals surface area contributed by atoms with Crippen LogP contribution in [0.2, 0.25) is 0 Å². The molecule has 156 valence electrons. The Balaban J connectivity index is 1.93. The van der Waals surface area contributed by atoms with Gasteiger partial charge in [-0.05, 0) is 43.8 Å². The zero-order valence-corrected chi connectivity index (χ0v) is 18.6. The first-order valence-electron chi connectivity index (χ1n) is 9.77. The molecule has 29 heavy (non-hydrogen) atoms. The van der Waals surface area contributed by atoms with Crippen LogP contribution in [0.25, 0.3) is 10.6 Å². The molecule has 0 fully saturated rings. The Morgan fingerprint density at radius 3 is 2.76 bits per heavy atom. The first-order chi connectivity index (χ1) is 13.9. The molecule has 0 amide bonds. The molecule has 1 atom stereocenters. The smallest absolute Gasteiger partial charge is 0.235 e. The van der Waals surface area contributed by atoms with Crippen molar-refractivity contribution in [1.29, 1.82) is 0 Å². The molecule has 0 radical (unpaired) electrons. The fourth-order valence-electron chi connectivity index (χ4n) is 3.14. The molecule has 3 aromatic rings. The molecule has 0 aliphatic heterocycles. The number of nitrogens with one attached hydrogen (secondary N) is 1. The number of H-pyrrole nitrogens is 1. The van der Waals surface area contributed by atoms with Crippen LogP contribution in [0.5, 0.6) is 5.75 Å². The lowest BCUT2D eigenvalue weighted by molar-refractivity contribution is 0.210. The van der Waals surface area contributed by atoms with Crippen LogP contribution in [0.15, 0.2) is 48.0 Å². The van der Waals surface area contributed by atoms with Crippen molar-refractivity contribution < 1.29 is 13.2 Å². The number of thiophene rings is 1. The maximum atomic E-state index is 12.9. The second kappa shape index (κ2) is 9.45. The van der Waals surface area contributed by atoms with E-state index < -0.39 is 10.0 Å². The number of hydrogen-bond donors (Lipinski definition) is 1. The van der Waals surface area contributed by atoms with Crippen molar-refractivity contribution in [1.82, 2.24) is 10.2 Å². The van der Waals surface area contributed by atoms with E-state index in [1.54, 1.807) is 36.6 Å². The summed E-state index contributed by atoms with van der Waals surface area (Å²) >= 11 is 1.59. The van der Waals surface area contributed by atoms with Crippen molar-refractivity contribution in [2.45, 2.75) is 46.3 Å². The SMILES string of the molecule is CCCC(C)Oc1cccc(N(Cc2cn[nH]c2-c2cccs2)S(=O)(=O)CC)c1. The number of anilines is 1. The first kappa shape index (κ1) is 21.4. The van der Waals surface area contributed by atoms with Crippen LogP contribution in [0.4, 0.5) is 5.69 Å². The molecule has 0 aliphatic carbocycles. The van der Waals surface area contributed by atoms with Crippen molar-refractivity contribution in [3.05, 3.63) is 53.5 Å². The van der Waals surface area contributed by atoms with Crippen LogP contribution in [0.1, 0.15) is 39.2 Å². The monoisotopic (exact) mass is 433 g/mol. The van der Waals surface area contributed by atoms with E-state index in [4.69, 9.17) is 4.74 Å². The minimum atomic E-state index is -3.49. The van der Waals surface area contributed by atoms with Crippen molar-refractivity contribution in [2.24, 2.45) is 0 Å². The highest BCUT2D eigenvalue weighted by Crippen LogP contribution is 2.31.